The highest BCUT2D eigenvalue weighted by Gasteiger charge is 2.32. The SMILES string of the molecule is CN(C)[C@H](CNc1ccc([N+](=O)[O-])c(C#N)c1)C1CC1. The summed E-state index contributed by atoms with van der Waals surface area (Å²) in [5.74, 6) is 0.728. The number of nitriles is 1. The fourth-order valence-electron chi connectivity index (χ4n) is 2.37. The van der Waals surface area contributed by atoms with Crippen LogP contribution in [0.1, 0.15) is 18.4 Å². The summed E-state index contributed by atoms with van der Waals surface area (Å²) < 4.78 is 0. The Morgan fingerprint density at radius 3 is 2.75 bits per heavy atom. The van der Waals surface area contributed by atoms with Crippen molar-refractivity contribution in [2.24, 2.45) is 5.92 Å². The lowest BCUT2D eigenvalue weighted by atomic mass is 10.1. The largest absolute Gasteiger partial charge is 0.383 e. The van der Waals surface area contributed by atoms with E-state index in [9.17, 15) is 10.1 Å². The van der Waals surface area contributed by atoms with Crippen LogP contribution in [0.25, 0.3) is 0 Å². The lowest BCUT2D eigenvalue weighted by Crippen LogP contribution is -2.36. The third-order valence-corrected chi connectivity index (χ3v) is 3.66. The van der Waals surface area contributed by atoms with Crippen LogP contribution in [0.4, 0.5) is 11.4 Å². The predicted octanol–water partition coefficient (Wildman–Crippen LogP) is 2.22. The zero-order valence-corrected chi connectivity index (χ0v) is 11.7. The van der Waals surface area contributed by atoms with Gasteiger partial charge in [0.05, 0.1) is 4.92 Å². The number of hydrogen-bond donors (Lipinski definition) is 1. The summed E-state index contributed by atoms with van der Waals surface area (Å²) in [7, 11) is 4.11. The molecule has 1 aliphatic rings. The van der Waals surface area contributed by atoms with Gasteiger partial charge in [-0.25, -0.2) is 0 Å². The van der Waals surface area contributed by atoms with Gasteiger partial charge in [-0.15, -0.1) is 0 Å². The van der Waals surface area contributed by atoms with Crippen LogP contribution in [-0.4, -0.2) is 36.5 Å². The monoisotopic (exact) mass is 274 g/mol. The summed E-state index contributed by atoms with van der Waals surface area (Å²) >= 11 is 0. The van der Waals surface area contributed by atoms with Gasteiger partial charge in [-0.05, 0) is 45.0 Å². The van der Waals surface area contributed by atoms with Gasteiger partial charge in [-0.2, -0.15) is 5.26 Å². The minimum absolute atomic E-state index is 0.0906. The summed E-state index contributed by atoms with van der Waals surface area (Å²) in [6, 6.07) is 6.89. The van der Waals surface area contributed by atoms with Crippen LogP contribution in [0.5, 0.6) is 0 Å². The maximum absolute atomic E-state index is 10.8. The van der Waals surface area contributed by atoms with Crippen LogP contribution in [0, 0.1) is 27.4 Å². The molecule has 0 heterocycles. The molecule has 20 heavy (non-hydrogen) atoms. The molecule has 106 valence electrons. The predicted molar refractivity (Wildman–Crippen MR) is 76.5 cm³/mol. The quantitative estimate of drug-likeness (QED) is 0.635. The van der Waals surface area contributed by atoms with Crippen molar-refractivity contribution in [3.05, 3.63) is 33.9 Å². The van der Waals surface area contributed by atoms with E-state index in [1.165, 1.54) is 25.0 Å². The maximum atomic E-state index is 10.8. The van der Waals surface area contributed by atoms with Gasteiger partial charge in [0.15, 0.2) is 0 Å². The lowest BCUT2D eigenvalue weighted by molar-refractivity contribution is -0.385. The number of likely N-dealkylation sites (N-methyl/N-ethyl adjacent to an activating group) is 1. The molecule has 0 spiro atoms. The van der Waals surface area contributed by atoms with E-state index < -0.39 is 4.92 Å². The Morgan fingerprint density at radius 1 is 1.55 bits per heavy atom. The molecule has 1 aliphatic carbocycles. The van der Waals surface area contributed by atoms with Gasteiger partial charge in [-0.3, -0.25) is 10.1 Å². The van der Waals surface area contributed by atoms with E-state index >= 15 is 0 Å². The Hall–Kier alpha value is -2.13. The van der Waals surface area contributed by atoms with Crippen molar-refractivity contribution in [3.8, 4) is 6.07 Å². The summed E-state index contributed by atoms with van der Waals surface area (Å²) in [6.45, 7) is 0.778. The number of hydrogen-bond acceptors (Lipinski definition) is 5. The molecule has 0 unspecified atom stereocenters. The molecule has 0 saturated heterocycles. The standard InChI is InChI=1S/C14H18N4O2/c1-17(2)14(10-3-4-10)9-16-12-5-6-13(18(19)20)11(7-12)8-15/h5-7,10,14,16H,3-4,9H2,1-2H3/t14-/m1/s1. The summed E-state index contributed by atoms with van der Waals surface area (Å²) in [5.41, 5.74) is 0.692. The third-order valence-electron chi connectivity index (χ3n) is 3.66. The Kier molecular flexibility index (Phi) is 4.20. The first-order valence-electron chi connectivity index (χ1n) is 6.61. The summed E-state index contributed by atoms with van der Waals surface area (Å²) in [4.78, 5) is 12.4. The number of nitro benzene ring substituents is 1. The summed E-state index contributed by atoms with van der Waals surface area (Å²) in [5, 5.41) is 23.0. The highest BCUT2D eigenvalue weighted by atomic mass is 16.6. The van der Waals surface area contributed by atoms with Crippen LogP contribution >= 0.6 is 0 Å². The van der Waals surface area contributed by atoms with Crippen molar-refractivity contribution >= 4 is 11.4 Å². The fraction of sp³-hybridized carbons (Fsp3) is 0.500. The molecule has 0 aromatic heterocycles. The van der Waals surface area contributed by atoms with Gasteiger partial charge < -0.3 is 10.2 Å². The molecule has 6 heteroatoms. The molecule has 6 nitrogen and oxygen atoms in total. The molecule has 1 atom stereocenters. The van der Waals surface area contributed by atoms with Crippen molar-refractivity contribution in [3.63, 3.8) is 0 Å². The smallest absolute Gasteiger partial charge is 0.287 e. The molecule has 1 aromatic carbocycles. The summed E-state index contributed by atoms with van der Waals surface area (Å²) in [6.07, 6.45) is 2.52. The Labute approximate surface area is 118 Å². The van der Waals surface area contributed by atoms with Gasteiger partial charge in [0.1, 0.15) is 11.6 Å². The number of nitro groups is 1. The van der Waals surface area contributed by atoms with E-state index in [0.717, 1.165) is 18.2 Å². The van der Waals surface area contributed by atoms with Crippen molar-refractivity contribution in [1.29, 1.82) is 5.26 Å². The van der Waals surface area contributed by atoms with E-state index in [-0.39, 0.29) is 11.3 Å². The molecule has 1 aromatic rings. The first-order chi connectivity index (χ1) is 9.52. The molecule has 2 rings (SSSR count). The lowest BCUT2D eigenvalue weighted by Gasteiger charge is -2.24. The first-order valence-corrected chi connectivity index (χ1v) is 6.61. The van der Waals surface area contributed by atoms with Crippen LogP contribution < -0.4 is 5.32 Å². The second kappa shape index (κ2) is 5.88. The Balaban J connectivity index is 2.06. The topological polar surface area (TPSA) is 82.2 Å². The van der Waals surface area contributed by atoms with Crippen LogP contribution in [0.15, 0.2) is 18.2 Å². The van der Waals surface area contributed by atoms with Crippen LogP contribution in [-0.2, 0) is 0 Å². The molecular weight excluding hydrogens is 256 g/mol. The van der Waals surface area contributed by atoms with Gasteiger partial charge in [0.2, 0.25) is 0 Å². The van der Waals surface area contributed by atoms with E-state index in [1.54, 1.807) is 6.07 Å². The van der Waals surface area contributed by atoms with E-state index in [2.05, 4.69) is 24.3 Å². The molecule has 1 saturated carbocycles. The highest BCUT2D eigenvalue weighted by molar-refractivity contribution is 5.58. The van der Waals surface area contributed by atoms with E-state index in [4.69, 9.17) is 5.26 Å². The molecule has 0 amide bonds. The van der Waals surface area contributed by atoms with Gasteiger partial charge in [0, 0.05) is 24.3 Å². The number of nitrogens with zero attached hydrogens (tertiary/aromatic N) is 3. The Morgan fingerprint density at radius 2 is 2.25 bits per heavy atom. The van der Waals surface area contributed by atoms with E-state index in [0.29, 0.717) is 6.04 Å². The van der Waals surface area contributed by atoms with Crippen LogP contribution in [0.3, 0.4) is 0 Å². The highest BCUT2D eigenvalue weighted by Crippen LogP contribution is 2.34. The van der Waals surface area contributed by atoms with E-state index in [1.807, 2.05) is 6.07 Å². The zero-order chi connectivity index (χ0) is 14.7. The number of nitrogens with one attached hydrogen (secondary N) is 1. The molecule has 0 aliphatic heterocycles. The fourth-order valence-corrected chi connectivity index (χ4v) is 2.37. The van der Waals surface area contributed by atoms with Crippen molar-refractivity contribution in [1.82, 2.24) is 4.90 Å². The third kappa shape index (κ3) is 3.25. The molecular formula is C14H18N4O2. The van der Waals surface area contributed by atoms with Crippen molar-refractivity contribution < 1.29 is 4.92 Å². The average molecular weight is 274 g/mol. The van der Waals surface area contributed by atoms with Crippen molar-refractivity contribution in [2.75, 3.05) is 26.0 Å². The second-order valence-corrected chi connectivity index (χ2v) is 5.35. The number of rotatable bonds is 6. The minimum atomic E-state index is -0.533. The number of benzene rings is 1. The second-order valence-electron chi connectivity index (χ2n) is 5.35. The normalized spacial score (nSPS) is 15.7. The van der Waals surface area contributed by atoms with Crippen LogP contribution in [0.2, 0.25) is 0 Å². The zero-order valence-electron chi connectivity index (χ0n) is 11.7. The number of anilines is 1. The Bertz CT molecular complexity index is 545. The van der Waals surface area contributed by atoms with Gasteiger partial charge in [0.25, 0.3) is 5.69 Å². The molecule has 0 radical (unpaired) electrons. The molecule has 1 fully saturated rings. The van der Waals surface area contributed by atoms with Crippen molar-refractivity contribution in [2.45, 2.75) is 18.9 Å². The molecule has 1 N–H and O–H groups in total. The van der Waals surface area contributed by atoms with Gasteiger partial charge >= 0.3 is 0 Å². The molecule has 0 bridgehead atoms. The average Bonchev–Trinajstić information content (AvgIpc) is 3.22. The first kappa shape index (κ1) is 14.3. The van der Waals surface area contributed by atoms with Gasteiger partial charge in [-0.1, -0.05) is 0 Å². The maximum Gasteiger partial charge on any atom is 0.287 e. The minimum Gasteiger partial charge on any atom is -0.383 e.